The van der Waals surface area contributed by atoms with Gasteiger partial charge in [0.05, 0.1) is 11.4 Å². The van der Waals surface area contributed by atoms with Crippen LogP contribution in [0.5, 0.6) is 0 Å². The summed E-state index contributed by atoms with van der Waals surface area (Å²) in [6.45, 7) is 5.89. The largest absolute Gasteiger partial charge is 0.355 e. The highest BCUT2D eigenvalue weighted by Gasteiger charge is 2.31. The van der Waals surface area contributed by atoms with Crippen LogP contribution in [0, 0.1) is 6.92 Å². The van der Waals surface area contributed by atoms with Crippen LogP contribution in [0.1, 0.15) is 31.4 Å². The van der Waals surface area contributed by atoms with Crippen LogP contribution in [-0.2, 0) is 26.2 Å². The third-order valence-electron chi connectivity index (χ3n) is 5.96. The molecule has 0 spiro atoms. The molecular formula is C27H33N3O4S. The van der Waals surface area contributed by atoms with Crippen molar-refractivity contribution in [1.29, 1.82) is 0 Å². The molecule has 3 aromatic carbocycles. The maximum Gasteiger partial charge on any atom is 0.243 e. The maximum atomic E-state index is 13.5. The Kier molecular flexibility index (Phi) is 8.64. The van der Waals surface area contributed by atoms with E-state index >= 15 is 0 Å². The van der Waals surface area contributed by atoms with Gasteiger partial charge in [0.1, 0.15) is 6.04 Å². The average molecular weight is 496 g/mol. The summed E-state index contributed by atoms with van der Waals surface area (Å²) in [5.41, 5.74) is 1.91. The van der Waals surface area contributed by atoms with E-state index in [-0.39, 0.29) is 23.9 Å². The Hall–Kier alpha value is -3.23. The van der Waals surface area contributed by atoms with Crippen molar-refractivity contribution in [2.45, 2.75) is 44.7 Å². The molecule has 0 aromatic heterocycles. The van der Waals surface area contributed by atoms with Crippen molar-refractivity contribution in [2.24, 2.45) is 0 Å². The van der Waals surface area contributed by atoms with E-state index < -0.39 is 22.0 Å². The molecule has 2 amide bonds. The average Bonchev–Trinajstić information content (AvgIpc) is 2.83. The van der Waals surface area contributed by atoms with E-state index in [0.29, 0.717) is 13.0 Å². The van der Waals surface area contributed by atoms with E-state index in [1.807, 2.05) is 69.3 Å². The Bertz CT molecular complexity index is 1310. The molecule has 7 nitrogen and oxygen atoms in total. The van der Waals surface area contributed by atoms with Crippen molar-refractivity contribution in [2.75, 3.05) is 20.1 Å². The van der Waals surface area contributed by atoms with Crippen LogP contribution in [0.3, 0.4) is 0 Å². The first kappa shape index (κ1) is 26.4. The number of rotatable bonds is 10. The minimum Gasteiger partial charge on any atom is -0.355 e. The summed E-state index contributed by atoms with van der Waals surface area (Å²) < 4.78 is 27.6. The Morgan fingerprint density at radius 1 is 0.943 bits per heavy atom. The van der Waals surface area contributed by atoms with E-state index in [9.17, 15) is 18.0 Å². The number of benzene rings is 3. The highest BCUT2D eigenvalue weighted by Crippen LogP contribution is 2.22. The van der Waals surface area contributed by atoms with Crippen LogP contribution in [0.25, 0.3) is 10.8 Å². The number of aryl methyl sites for hydroxylation is 1. The first-order chi connectivity index (χ1) is 16.7. The summed E-state index contributed by atoms with van der Waals surface area (Å²) >= 11 is 0. The molecule has 35 heavy (non-hydrogen) atoms. The third-order valence-corrected chi connectivity index (χ3v) is 7.76. The number of likely N-dealkylation sites (N-methyl/N-ethyl adjacent to an activating group) is 2. The predicted molar refractivity (Wildman–Crippen MR) is 138 cm³/mol. The zero-order valence-electron chi connectivity index (χ0n) is 20.7. The Morgan fingerprint density at radius 3 is 2.31 bits per heavy atom. The van der Waals surface area contributed by atoms with Crippen molar-refractivity contribution in [3.8, 4) is 0 Å². The van der Waals surface area contributed by atoms with Crippen molar-refractivity contribution in [3.05, 3.63) is 77.9 Å². The first-order valence-electron chi connectivity index (χ1n) is 11.7. The van der Waals surface area contributed by atoms with Gasteiger partial charge >= 0.3 is 0 Å². The molecule has 0 aliphatic heterocycles. The van der Waals surface area contributed by atoms with Crippen LogP contribution in [0.4, 0.5) is 0 Å². The number of fused-ring (bicyclic) bond motifs is 1. The lowest BCUT2D eigenvalue weighted by molar-refractivity contribution is -0.141. The van der Waals surface area contributed by atoms with Gasteiger partial charge in [-0.1, -0.05) is 67.1 Å². The minimum atomic E-state index is -3.92. The number of carbonyl (C=O) groups is 2. The van der Waals surface area contributed by atoms with Gasteiger partial charge in [-0.2, -0.15) is 4.31 Å². The molecule has 3 aromatic rings. The number of sulfonamides is 1. The van der Waals surface area contributed by atoms with Gasteiger partial charge in [0, 0.05) is 20.1 Å². The quantitative estimate of drug-likeness (QED) is 0.465. The summed E-state index contributed by atoms with van der Waals surface area (Å²) in [6, 6.07) is 19.4. The molecule has 0 saturated heterocycles. The second-order valence-electron chi connectivity index (χ2n) is 8.60. The van der Waals surface area contributed by atoms with Crippen molar-refractivity contribution >= 4 is 32.6 Å². The number of carbonyl (C=O) groups excluding carboxylic acids is 2. The molecule has 0 aliphatic carbocycles. The molecule has 0 fully saturated rings. The van der Waals surface area contributed by atoms with Crippen LogP contribution in [-0.4, -0.2) is 55.6 Å². The molecule has 1 unspecified atom stereocenters. The van der Waals surface area contributed by atoms with E-state index in [0.717, 1.165) is 26.2 Å². The van der Waals surface area contributed by atoms with E-state index in [2.05, 4.69) is 5.32 Å². The van der Waals surface area contributed by atoms with Gasteiger partial charge in [0.15, 0.2) is 0 Å². The monoisotopic (exact) mass is 495 g/mol. The van der Waals surface area contributed by atoms with Crippen LogP contribution >= 0.6 is 0 Å². The Morgan fingerprint density at radius 2 is 1.66 bits per heavy atom. The van der Waals surface area contributed by atoms with E-state index in [4.69, 9.17) is 0 Å². The molecule has 0 saturated carbocycles. The fraction of sp³-hybridized carbons (Fsp3) is 0.333. The van der Waals surface area contributed by atoms with E-state index in [1.54, 1.807) is 18.2 Å². The highest BCUT2D eigenvalue weighted by atomic mass is 32.2. The van der Waals surface area contributed by atoms with Gasteiger partial charge in [0.25, 0.3) is 0 Å². The minimum absolute atomic E-state index is 0.118. The smallest absolute Gasteiger partial charge is 0.243 e. The molecule has 1 N–H and O–H groups in total. The van der Waals surface area contributed by atoms with Crippen LogP contribution in [0.15, 0.2) is 71.6 Å². The zero-order chi connectivity index (χ0) is 25.6. The summed E-state index contributed by atoms with van der Waals surface area (Å²) in [5, 5.41) is 4.53. The third kappa shape index (κ3) is 6.26. The second kappa shape index (κ2) is 11.5. The number of amides is 2. The molecule has 0 bridgehead atoms. The molecule has 0 heterocycles. The first-order valence-corrected chi connectivity index (χ1v) is 13.2. The van der Waals surface area contributed by atoms with Gasteiger partial charge in [-0.05, 0) is 48.7 Å². The standard InChI is InChI=1S/C27H33N3O4S/c1-5-25(27(32)28-6-2)30(18-21-11-9-10-20(3)16-21)26(31)19-29(4)35(33,34)24-15-14-22-12-7-8-13-23(22)17-24/h7-17,25H,5-6,18-19H2,1-4H3,(H,28,32). The number of nitrogens with one attached hydrogen (secondary N) is 1. The molecule has 1 atom stereocenters. The lowest BCUT2D eigenvalue weighted by atomic mass is 10.1. The fourth-order valence-corrected chi connectivity index (χ4v) is 5.25. The molecule has 186 valence electrons. The lowest BCUT2D eigenvalue weighted by Crippen LogP contribution is -2.51. The van der Waals surface area contributed by atoms with Crippen molar-refractivity contribution in [1.82, 2.24) is 14.5 Å². The van der Waals surface area contributed by atoms with Gasteiger partial charge < -0.3 is 10.2 Å². The van der Waals surface area contributed by atoms with Crippen LogP contribution < -0.4 is 5.32 Å². The molecule has 0 aliphatic rings. The maximum absolute atomic E-state index is 13.5. The summed E-state index contributed by atoms with van der Waals surface area (Å²) in [7, 11) is -2.53. The molecule has 8 heteroatoms. The number of hydrogen-bond acceptors (Lipinski definition) is 4. The Labute approximate surface area is 207 Å². The van der Waals surface area contributed by atoms with Gasteiger partial charge in [-0.3, -0.25) is 9.59 Å². The topological polar surface area (TPSA) is 86.8 Å². The normalized spacial score (nSPS) is 12.5. The summed E-state index contributed by atoms with van der Waals surface area (Å²) in [5.74, 6) is -0.687. The molecular weight excluding hydrogens is 462 g/mol. The molecule has 3 rings (SSSR count). The summed E-state index contributed by atoms with van der Waals surface area (Å²) in [4.78, 5) is 27.8. The fourth-order valence-electron chi connectivity index (χ4n) is 4.09. The van der Waals surface area contributed by atoms with Crippen molar-refractivity contribution in [3.63, 3.8) is 0 Å². The van der Waals surface area contributed by atoms with Gasteiger partial charge in [0.2, 0.25) is 21.8 Å². The lowest BCUT2D eigenvalue weighted by Gasteiger charge is -2.32. The summed E-state index contributed by atoms with van der Waals surface area (Å²) in [6.07, 6.45) is 0.407. The number of hydrogen-bond donors (Lipinski definition) is 1. The Balaban J connectivity index is 1.88. The number of nitrogens with zero attached hydrogens (tertiary/aromatic N) is 2. The van der Waals surface area contributed by atoms with Gasteiger partial charge in [-0.15, -0.1) is 0 Å². The van der Waals surface area contributed by atoms with Crippen LogP contribution in [0.2, 0.25) is 0 Å². The highest BCUT2D eigenvalue weighted by molar-refractivity contribution is 7.89. The predicted octanol–water partition coefficient (Wildman–Crippen LogP) is 3.71. The van der Waals surface area contributed by atoms with Gasteiger partial charge in [-0.25, -0.2) is 8.42 Å². The van der Waals surface area contributed by atoms with Crippen molar-refractivity contribution < 1.29 is 18.0 Å². The molecule has 0 radical (unpaired) electrons. The zero-order valence-corrected chi connectivity index (χ0v) is 21.5. The second-order valence-corrected chi connectivity index (χ2v) is 10.6. The SMILES string of the molecule is CCNC(=O)C(CC)N(Cc1cccc(C)c1)C(=O)CN(C)S(=O)(=O)c1ccc2ccccc2c1. The van der Waals surface area contributed by atoms with E-state index in [1.165, 1.54) is 11.9 Å².